The molecule has 0 aliphatic rings. The normalized spacial score (nSPS) is 10.0. The SMILES string of the molecule is CC(C)NC(=S)Nc1cncc(Br)c1. The second kappa shape index (κ2) is 5.26. The van der Waals surface area contributed by atoms with E-state index in [0.717, 1.165) is 10.2 Å². The largest absolute Gasteiger partial charge is 0.360 e. The minimum Gasteiger partial charge on any atom is -0.360 e. The van der Waals surface area contributed by atoms with Gasteiger partial charge in [-0.05, 0) is 48.1 Å². The van der Waals surface area contributed by atoms with Crippen LogP contribution in [-0.2, 0) is 0 Å². The summed E-state index contributed by atoms with van der Waals surface area (Å²) in [4.78, 5) is 4.02. The van der Waals surface area contributed by atoms with Crippen molar-refractivity contribution >= 4 is 38.9 Å². The molecule has 0 saturated carbocycles. The lowest BCUT2D eigenvalue weighted by Gasteiger charge is -2.12. The molecule has 2 N–H and O–H groups in total. The van der Waals surface area contributed by atoms with E-state index in [4.69, 9.17) is 12.2 Å². The first-order chi connectivity index (χ1) is 6.58. The van der Waals surface area contributed by atoms with Crippen LogP contribution >= 0.6 is 28.1 Å². The van der Waals surface area contributed by atoms with Crippen LogP contribution in [0.5, 0.6) is 0 Å². The monoisotopic (exact) mass is 273 g/mol. The van der Waals surface area contributed by atoms with Gasteiger partial charge in [-0.2, -0.15) is 0 Å². The third-order valence-electron chi connectivity index (χ3n) is 1.38. The molecule has 76 valence electrons. The molecule has 0 aliphatic heterocycles. The highest BCUT2D eigenvalue weighted by Gasteiger charge is 1.99. The molecule has 0 fully saturated rings. The van der Waals surface area contributed by atoms with Crippen molar-refractivity contribution in [2.24, 2.45) is 0 Å². The van der Waals surface area contributed by atoms with Crippen LogP contribution in [0.4, 0.5) is 5.69 Å². The minimum atomic E-state index is 0.329. The van der Waals surface area contributed by atoms with E-state index < -0.39 is 0 Å². The zero-order valence-corrected chi connectivity index (χ0v) is 10.4. The standard InChI is InChI=1S/C9H12BrN3S/c1-6(2)12-9(14)13-8-3-7(10)4-11-5-8/h3-6H,1-2H3,(H2,12,13,14). The number of anilines is 1. The predicted octanol–water partition coefficient (Wildman–Crippen LogP) is 2.54. The average molecular weight is 274 g/mol. The van der Waals surface area contributed by atoms with E-state index in [1.54, 1.807) is 12.4 Å². The van der Waals surface area contributed by atoms with Gasteiger partial charge in [-0.1, -0.05) is 0 Å². The number of nitrogens with zero attached hydrogens (tertiary/aromatic N) is 1. The molecule has 3 nitrogen and oxygen atoms in total. The third-order valence-corrected chi connectivity index (χ3v) is 2.04. The molecule has 0 atom stereocenters. The van der Waals surface area contributed by atoms with Gasteiger partial charge in [0.2, 0.25) is 0 Å². The summed E-state index contributed by atoms with van der Waals surface area (Å²) < 4.78 is 0.926. The first kappa shape index (κ1) is 11.4. The summed E-state index contributed by atoms with van der Waals surface area (Å²) in [6.07, 6.45) is 3.45. The first-order valence-electron chi connectivity index (χ1n) is 4.26. The number of hydrogen-bond donors (Lipinski definition) is 2. The van der Waals surface area contributed by atoms with Crippen LogP contribution in [0.25, 0.3) is 0 Å². The molecule has 0 unspecified atom stereocenters. The number of rotatable bonds is 2. The Labute approximate surface area is 97.4 Å². The molecular weight excluding hydrogens is 262 g/mol. The van der Waals surface area contributed by atoms with Crippen molar-refractivity contribution in [3.05, 3.63) is 22.9 Å². The second-order valence-electron chi connectivity index (χ2n) is 3.14. The Morgan fingerprint density at radius 3 is 2.79 bits per heavy atom. The quantitative estimate of drug-likeness (QED) is 0.813. The maximum atomic E-state index is 5.09. The molecule has 1 heterocycles. The summed E-state index contributed by atoms with van der Waals surface area (Å²) in [6.45, 7) is 4.07. The molecule has 5 heteroatoms. The number of hydrogen-bond acceptors (Lipinski definition) is 2. The van der Waals surface area contributed by atoms with Gasteiger partial charge in [0, 0.05) is 16.7 Å². The van der Waals surface area contributed by atoms with E-state index in [1.165, 1.54) is 0 Å². The topological polar surface area (TPSA) is 37.0 Å². The van der Waals surface area contributed by atoms with E-state index in [9.17, 15) is 0 Å². The highest BCUT2D eigenvalue weighted by Crippen LogP contribution is 2.13. The smallest absolute Gasteiger partial charge is 0.171 e. The minimum absolute atomic E-state index is 0.329. The molecule has 0 aliphatic carbocycles. The number of thiocarbonyl (C=S) groups is 1. The van der Waals surface area contributed by atoms with Crippen molar-refractivity contribution in [1.82, 2.24) is 10.3 Å². The van der Waals surface area contributed by atoms with Gasteiger partial charge in [0.05, 0.1) is 11.9 Å². The molecule has 0 saturated heterocycles. The van der Waals surface area contributed by atoms with Crippen LogP contribution in [0.2, 0.25) is 0 Å². The molecule has 1 rings (SSSR count). The fraction of sp³-hybridized carbons (Fsp3) is 0.333. The van der Waals surface area contributed by atoms with Gasteiger partial charge in [0.1, 0.15) is 0 Å². The van der Waals surface area contributed by atoms with Gasteiger partial charge in [-0.15, -0.1) is 0 Å². The molecule has 0 spiro atoms. The number of pyridine rings is 1. The summed E-state index contributed by atoms with van der Waals surface area (Å²) >= 11 is 8.43. The predicted molar refractivity (Wildman–Crippen MR) is 66.4 cm³/mol. The van der Waals surface area contributed by atoms with Crippen molar-refractivity contribution in [2.75, 3.05) is 5.32 Å². The van der Waals surface area contributed by atoms with Gasteiger partial charge in [-0.3, -0.25) is 4.98 Å². The molecule has 0 aromatic carbocycles. The lowest BCUT2D eigenvalue weighted by molar-refractivity contribution is 0.739. The third kappa shape index (κ3) is 4.02. The summed E-state index contributed by atoms with van der Waals surface area (Å²) in [6, 6.07) is 2.25. The molecule has 0 amide bonds. The summed E-state index contributed by atoms with van der Waals surface area (Å²) in [5, 5.41) is 6.74. The fourth-order valence-corrected chi connectivity index (χ4v) is 1.63. The second-order valence-corrected chi connectivity index (χ2v) is 4.47. The van der Waals surface area contributed by atoms with Gasteiger partial charge in [0.25, 0.3) is 0 Å². The van der Waals surface area contributed by atoms with Gasteiger partial charge in [0.15, 0.2) is 5.11 Å². The van der Waals surface area contributed by atoms with E-state index in [2.05, 4.69) is 31.5 Å². The summed E-state index contributed by atoms with van der Waals surface area (Å²) in [5.41, 5.74) is 0.873. The zero-order chi connectivity index (χ0) is 10.6. The molecule has 1 aromatic rings. The Bertz CT molecular complexity index is 328. The number of halogens is 1. The highest BCUT2D eigenvalue weighted by atomic mass is 79.9. The molecular formula is C9H12BrN3S. The Kier molecular flexibility index (Phi) is 4.28. The van der Waals surface area contributed by atoms with Crippen LogP contribution in [0.3, 0.4) is 0 Å². The number of aromatic nitrogens is 1. The van der Waals surface area contributed by atoms with Gasteiger partial charge >= 0.3 is 0 Å². The first-order valence-corrected chi connectivity index (χ1v) is 5.46. The van der Waals surface area contributed by atoms with E-state index in [1.807, 2.05) is 19.9 Å². The Hall–Kier alpha value is -0.680. The van der Waals surface area contributed by atoms with Crippen molar-refractivity contribution in [3.63, 3.8) is 0 Å². The van der Waals surface area contributed by atoms with Crippen LogP contribution < -0.4 is 10.6 Å². The lowest BCUT2D eigenvalue weighted by atomic mass is 10.4. The number of nitrogens with one attached hydrogen (secondary N) is 2. The average Bonchev–Trinajstić information content (AvgIpc) is 2.01. The van der Waals surface area contributed by atoms with Crippen molar-refractivity contribution in [2.45, 2.75) is 19.9 Å². The fourth-order valence-electron chi connectivity index (χ4n) is 0.910. The molecule has 0 bridgehead atoms. The Morgan fingerprint density at radius 2 is 2.21 bits per heavy atom. The Balaban J connectivity index is 2.56. The van der Waals surface area contributed by atoms with Crippen LogP contribution in [0.1, 0.15) is 13.8 Å². The maximum absolute atomic E-state index is 5.09. The van der Waals surface area contributed by atoms with Crippen molar-refractivity contribution in [1.29, 1.82) is 0 Å². The van der Waals surface area contributed by atoms with Gasteiger partial charge < -0.3 is 10.6 Å². The van der Waals surface area contributed by atoms with Crippen LogP contribution in [-0.4, -0.2) is 16.1 Å². The van der Waals surface area contributed by atoms with E-state index >= 15 is 0 Å². The van der Waals surface area contributed by atoms with Crippen molar-refractivity contribution < 1.29 is 0 Å². The van der Waals surface area contributed by atoms with Crippen LogP contribution in [0.15, 0.2) is 22.9 Å². The molecule has 1 aromatic heterocycles. The molecule has 14 heavy (non-hydrogen) atoms. The van der Waals surface area contributed by atoms with E-state index in [0.29, 0.717) is 11.2 Å². The van der Waals surface area contributed by atoms with E-state index in [-0.39, 0.29) is 0 Å². The summed E-state index contributed by atoms with van der Waals surface area (Å²) in [7, 11) is 0. The Morgan fingerprint density at radius 1 is 1.50 bits per heavy atom. The zero-order valence-electron chi connectivity index (χ0n) is 8.04. The van der Waals surface area contributed by atoms with Crippen LogP contribution in [0, 0.1) is 0 Å². The summed E-state index contributed by atoms with van der Waals surface area (Å²) in [5.74, 6) is 0. The van der Waals surface area contributed by atoms with Gasteiger partial charge in [-0.25, -0.2) is 0 Å². The molecule has 0 radical (unpaired) electrons. The highest BCUT2D eigenvalue weighted by molar-refractivity contribution is 9.10. The lowest BCUT2D eigenvalue weighted by Crippen LogP contribution is -2.33. The maximum Gasteiger partial charge on any atom is 0.171 e. The van der Waals surface area contributed by atoms with Crippen molar-refractivity contribution in [3.8, 4) is 0 Å².